The Morgan fingerprint density at radius 1 is 1.09 bits per heavy atom. The first kappa shape index (κ1) is 15.8. The van der Waals surface area contributed by atoms with Crippen LogP contribution in [0.4, 0.5) is 0 Å². The number of benzene rings is 1. The lowest BCUT2D eigenvalue weighted by molar-refractivity contribution is -0.128. The van der Waals surface area contributed by atoms with E-state index in [2.05, 4.69) is 4.98 Å². The van der Waals surface area contributed by atoms with Gasteiger partial charge in [0.05, 0.1) is 22.8 Å². The normalized spacial score (nSPS) is 11.0. The van der Waals surface area contributed by atoms with Gasteiger partial charge >= 0.3 is 0 Å². The number of carbonyl (C=O) groups excluding carboxylic acids is 1. The van der Waals surface area contributed by atoms with E-state index >= 15 is 0 Å². The van der Waals surface area contributed by atoms with Gasteiger partial charge in [-0.25, -0.2) is 4.98 Å². The standard InChI is InChI=1S/C17H15Cl2N3O/c1-21(2)16(23)9-14-17(11-3-5-12(18)6-4-11)20-15-8-7-13(19)10-22(14)15/h3-8,10H,9H2,1-2H3. The van der Waals surface area contributed by atoms with Crippen molar-refractivity contribution in [2.24, 2.45) is 0 Å². The molecule has 0 N–H and O–H groups in total. The van der Waals surface area contributed by atoms with Gasteiger partial charge in [0.1, 0.15) is 5.65 Å². The molecule has 0 saturated heterocycles. The van der Waals surface area contributed by atoms with Crippen molar-refractivity contribution in [2.75, 3.05) is 14.1 Å². The van der Waals surface area contributed by atoms with Crippen LogP contribution in [0.3, 0.4) is 0 Å². The lowest BCUT2D eigenvalue weighted by atomic mass is 10.1. The number of likely N-dealkylation sites (N-methyl/N-ethyl adjacent to an activating group) is 1. The topological polar surface area (TPSA) is 37.6 Å². The zero-order chi connectivity index (χ0) is 16.6. The van der Waals surface area contributed by atoms with Crippen LogP contribution >= 0.6 is 23.2 Å². The SMILES string of the molecule is CN(C)C(=O)Cc1c(-c2ccc(Cl)cc2)nc2ccc(Cl)cn12. The smallest absolute Gasteiger partial charge is 0.228 e. The molecule has 0 spiro atoms. The maximum absolute atomic E-state index is 12.2. The number of rotatable bonds is 3. The highest BCUT2D eigenvalue weighted by molar-refractivity contribution is 6.30. The summed E-state index contributed by atoms with van der Waals surface area (Å²) in [6, 6.07) is 11.0. The van der Waals surface area contributed by atoms with Crippen LogP contribution in [0.2, 0.25) is 10.0 Å². The minimum absolute atomic E-state index is 0.00184. The van der Waals surface area contributed by atoms with Gasteiger partial charge in [-0.3, -0.25) is 4.79 Å². The second-order valence-electron chi connectivity index (χ2n) is 5.45. The number of fused-ring (bicyclic) bond motifs is 1. The van der Waals surface area contributed by atoms with Crippen LogP contribution in [0.5, 0.6) is 0 Å². The van der Waals surface area contributed by atoms with E-state index in [9.17, 15) is 4.79 Å². The predicted octanol–water partition coefficient (Wildman–Crippen LogP) is 3.94. The van der Waals surface area contributed by atoms with Gasteiger partial charge in [-0.1, -0.05) is 35.3 Å². The monoisotopic (exact) mass is 347 g/mol. The van der Waals surface area contributed by atoms with Gasteiger partial charge in [0, 0.05) is 30.9 Å². The quantitative estimate of drug-likeness (QED) is 0.719. The Bertz CT molecular complexity index is 869. The Morgan fingerprint density at radius 3 is 2.39 bits per heavy atom. The van der Waals surface area contributed by atoms with Gasteiger partial charge in [0.2, 0.25) is 5.91 Å². The first-order valence-corrected chi connectivity index (χ1v) is 7.84. The van der Waals surface area contributed by atoms with Gasteiger partial charge < -0.3 is 9.30 Å². The number of hydrogen-bond donors (Lipinski definition) is 0. The van der Waals surface area contributed by atoms with Crippen LogP contribution in [0, 0.1) is 0 Å². The van der Waals surface area contributed by atoms with Crippen molar-refractivity contribution in [1.29, 1.82) is 0 Å². The van der Waals surface area contributed by atoms with E-state index in [0.717, 1.165) is 22.6 Å². The van der Waals surface area contributed by atoms with E-state index in [1.807, 2.05) is 34.7 Å². The Hall–Kier alpha value is -2.04. The van der Waals surface area contributed by atoms with Crippen LogP contribution in [-0.2, 0) is 11.2 Å². The largest absolute Gasteiger partial charge is 0.348 e. The highest BCUT2D eigenvalue weighted by atomic mass is 35.5. The third-order valence-electron chi connectivity index (χ3n) is 3.62. The average molecular weight is 348 g/mol. The second kappa shape index (κ2) is 6.22. The molecule has 1 amide bonds. The van der Waals surface area contributed by atoms with Crippen molar-refractivity contribution in [3.05, 3.63) is 58.3 Å². The van der Waals surface area contributed by atoms with E-state index in [-0.39, 0.29) is 12.3 Å². The zero-order valence-corrected chi connectivity index (χ0v) is 14.3. The van der Waals surface area contributed by atoms with Crippen molar-refractivity contribution in [1.82, 2.24) is 14.3 Å². The fraction of sp³-hybridized carbons (Fsp3) is 0.176. The molecule has 3 aromatic rings. The molecule has 0 saturated carbocycles. The third kappa shape index (κ3) is 3.19. The van der Waals surface area contributed by atoms with Gasteiger partial charge in [0.25, 0.3) is 0 Å². The number of imidazole rings is 1. The fourth-order valence-electron chi connectivity index (χ4n) is 2.38. The molecule has 2 aromatic heterocycles. The van der Waals surface area contributed by atoms with Gasteiger partial charge in [-0.15, -0.1) is 0 Å². The lowest BCUT2D eigenvalue weighted by Gasteiger charge is -2.11. The highest BCUT2D eigenvalue weighted by Gasteiger charge is 2.18. The molecule has 0 aliphatic heterocycles. The summed E-state index contributed by atoms with van der Waals surface area (Å²) in [5.41, 5.74) is 3.24. The molecule has 0 unspecified atom stereocenters. The van der Waals surface area contributed by atoms with Gasteiger partial charge in [0.15, 0.2) is 0 Å². The maximum atomic E-state index is 12.2. The zero-order valence-electron chi connectivity index (χ0n) is 12.8. The fourth-order valence-corrected chi connectivity index (χ4v) is 2.66. The average Bonchev–Trinajstić information content (AvgIpc) is 2.86. The molecule has 0 radical (unpaired) electrons. The molecule has 0 aliphatic rings. The second-order valence-corrected chi connectivity index (χ2v) is 6.33. The van der Waals surface area contributed by atoms with E-state index in [4.69, 9.17) is 23.2 Å². The molecule has 2 heterocycles. The molecule has 0 aliphatic carbocycles. The van der Waals surface area contributed by atoms with E-state index in [1.165, 1.54) is 0 Å². The van der Waals surface area contributed by atoms with Crippen molar-refractivity contribution >= 4 is 34.8 Å². The number of pyridine rings is 1. The summed E-state index contributed by atoms with van der Waals surface area (Å²) in [6.07, 6.45) is 2.02. The summed E-state index contributed by atoms with van der Waals surface area (Å²) < 4.78 is 1.87. The lowest BCUT2D eigenvalue weighted by Crippen LogP contribution is -2.24. The maximum Gasteiger partial charge on any atom is 0.228 e. The Kier molecular flexibility index (Phi) is 4.28. The summed E-state index contributed by atoms with van der Waals surface area (Å²) in [5, 5.41) is 1.25. The Morgan fingerprint density at radius 2 is 1.74 bits per heavy atom. The summed E-state index contributed by atoms with van der Waals surface area (Å²) in [6.45, 7) is 0. The first-order valence-electron chi connectivity index (χ1n) is 7.08. The molecule has 1 aromatic carbocycles. The first-order chi connectivity index (χ1) is 11.0. The molecule has 6 heteroatoms. The number of amides is 1. The van der Waals surface area contributed by atoms with Crippen LogP contribution in [0.1, 0.15) is 5.69 Å². The molecular weight excluding hydrogens is 333 g/mol. The molecule has 0 fully saturated rings. The number of aromatic nitrogens is 2. The van der Waals surface area contributed by atoms with Crippen LogP contribution in [0.15, 0.2) is 42.6 Å². The summed E-state index contributed by atoms with van der Waals surface area (Å²) in [4.78, 5) is 18.4. The molecule has 4 nitrogen and oxygen atoms in total. The Labute approximate surface area is 144 Å². The third-order valence-corrected chi connectivity index (χ3v) is 4.09. The van der Waals surface area contributed by atoms with Gasteiger partial charge in [-0.05, 0) is 24.3 Å². The Balaban J connectivity index is 2.19. The number of halogens is 2. The minimum atomic E-state index is 0.00184. The summed E-state index contributed by atoms with van der Waals surface area (Å²) >= 11 is 12.1. The van der Waals surface area contributed by atoms with Crippen molar-refractivity contribution < 1.29 is 4.79 Å². The molecule has 118 valence electrons. The van der Waals surface area contributed by atoms with Crippen molar-refractivity contribution in [3.63, 3.8) is 0 Å². The highest BCUT2D eigenvalue weighted by Crippen LogP contribution is 2.27. The molecule has 0 atom stereocenters. The van der Waals surface area contributed by atoms with Crippen molar-refractivity contribution in [2.45, 2.75) is 6.42 Å². The summed E-state index contributed by atoms with van der Waals surface area (Å²) in [7, 11) is 3.47. The van der Waals surface area contributed by atoms with E-state index in [1.54, 1.807) is 31.3 Å². The molecule has 3 rings (SSSR count). The van der Waals surface area contributed by atoms with E-state index < -0.39 is 0 Å². The molecule has 0 bridgehead atoms. The van der Waals surface area contributed by atoms with Gasteiger partial charge in [-0.2, -0.15) is 0 Å². The van der Waals surface area contributed by atoms with E-state index in [0.29, 0.717) is 10.0 Å². The number of carbonyl (C=O) groups is 1. The predicted molar refractivity (Wildman–Crippen MR) is 93.0 cm³/mol. The van der Waals surface area contributed by atoms with Crippen LogP contribution in [-0.4, -0.2) is 34.3 Å². The summed E-state index contributed by atoms with van der Waals surface area (Å²) in [5.74, 6) is 0.00184. The number of hydrogen-bond acceptors (Lipinski definition) is 2. The number of nitrogens with zero attached hydrogens (tertiary/aromatic N) is 3. The molecule has 23 heavy (non-hydrogen) atoms. The van der Waals surface area contributed by atoms with Crippen LogP contribution in [0.25, 0.3) is 16.9 Å². The van der Waals surface area contributed by atoms with Crippen molar-refractivity contribution in [3.8, 4) is 11.3 Å². The molecular formula is C17H15Cl2N3O. The minimum Gasteiger partial charge on any atom is -0.348 e. The van der Waals surface area contributed by atoms with Crippen LogP contribution < -0.4 is 0 Å².